The number of anilines is 1. The smallest absolute Gasteiger partial charge is 0.411 e. The molecular formula is C18H21F2N3O4. The highest BCUT2D eigenvalue weighted by atomic mass is 19.1. The first kappa shape index (κ1) is 19.1. The number of amides is 3. The maximum absolute atomic E-state index is 15.4. The molecule has 1 saturated heterocycles. The van der Waals surface area contributed by atoms with E-state index in [2.05, 4.69) is 5.32 Å². The number of para-hydroxylation sites is 1. The minimum absolute atomic E-state index is 0.0778. The van der Waals surface area contributed by atoms with Gasteiger partial charge in [-0.1, -0.05) is 18.2 Å². The highest BCUT2D eigenvalue weighted by Gasteiger charge is 2.67. The molecule has 0 saturated carbocycles. The van der Waals surface area contributed by atoms with Crippen molar-refractivity contribution in [2.75, 3.05) is 11.9 Å². The minimum Gasteiger partial charge on any atom is -0.444 e. The number of hydrogen-bond donors (Lipinski definition) is 2. The van der Waals surface area contributed by atoms with Crippen molar-refractivity contribution in [2.24, 2.45) is 11.1 Å². The van der Waals surface area contributed by atoms with Gasteiger partial charge in [-0.3, -0.25) is 14.5 Å². The van der Waals surface area contributed by atoms with Crippen LogP contribution in [-0.4, -0.2) is 47.2 Å². The first-order chi connectivity index (χ1) is 12.5. The van der Waals surface area contributed by atoms with Crippen molar-refractivity contribution in [1.82, 2.24) is 4.90 Å². The van der Waals surface area contributed by atoms with Gasteiger partial charge < -0.3 is 15.8 Å². The summed E-state index contributed by atoms with van der Waals surface area (Å²) in [5, 5.41) is 2.47. The predicted molar refractivity (Wildman–Crippen MR) is 92.2 cm³/mol. The van der Waals surface area contributed by atoms with E-state index in [-0.39, 0.29) is 11.3 Å². The number of carbonyl (C=O) groups is 3. The van der Waals surface area contributed by atoms with Crippen LogP contribution in [0.15, 0.2) is 24.3 Å². The Kier molecular flexibility index (Phi) is 4.36. The molecule has 7 nitrogen and oxygen atoms in total. The van der Waals surface area contributed by atoms with Gasteiger partial charge in [0.1, 0.15) is 29.4 Å². The van der Waals surface area contributed by atoms with E-state index in [1.165, 1.54) is 12.1 Å². The fourth-order valence-electron chi connectivity index (χ4n) is 3.58. The molecule has 4 atom stereocenters. The third-order valence-electron chi connectivity index (χ3n) is 4.81. The Labute approximate surface area is 154 Å². The topological polar surface area (TPSA) is 102 Å². The summed E-state index contributed by atoms with van der Waals surface area (Å²) < 4.78 is 36.0. The molecule has 2 unspecified atom stereocenters. The molecule has 27 heavy (non-hydrogen) atoms. The minimum atomic E-state index is -2.33. The molecular weight excluding hydrogens is 360 g/mol. The summed E-state index contributed by atoms with van der Waals surface area (Å²) in [6.07, 6.45) is -5.43. The van der Waals surface area contributed by atoms with Crippen LogP contribution >= 0.6 is 0 Å². The van der Waals surface area contributed by atoms with E-state index in [1.807, 2.05) is 0 Å². The van der Waals surface area contributed by atoms with E-state index in [4.69, 9.17) is 10.5 Å². The lowest BCUT2D eigenvalue weighted by Crippen LogP contribution is -2.52. The third-order valence-corrected chi connectivity index (χ3v) is 4.81. The normalized spacial score (nSPS) is 30.0. The van der Waals surface area contributed by atoms with Gasteiger partial charge >= 0.3 is 6.09 Å². The van der Waals surface area contributed by atoms with Crippen LogP contribution in [0.2, 0.25) is 0 Å². The molecule has 2 heterocycles. The number of rotatable bonds is 1. The van der Waals surface area contributed by atoms with Crippen molar-refractivity contribution in [3.63, 3.8) is 0 Å². The molecule has 2 aliphatic rings. The Hall–Kier alpha value is -2.71. The summed E-state index contributed by atoms with van der Waals surface area (Å²) in [4.78, 5) is 37.7. The van der Waals surface area contributed by atoms with Crippen LogP contribution in [0.3, 0.4) is 0 Å². The number of ether oxygens (including phenoxy) is 1. The van der Waals surface area contributed by atoms with E-state index < -0.39 is 53.9 Å². The lowest BCUT2D eigenvalue weighted by molar-refractivity contribution is -0.134. The van der Waals surface area contributed by atoms with Crippen LogP contribution in [-0.2, 0) is 14.3 Å². The summed E-state index contributed by atoms with van der Waals surface area (Å²) in [6, 6.07) is 4.25. The van der Waals surface area contributed by atoms with Gasteiger partial charge in [-0.25, -0.2) is 13.6 Å². The lowest BCUT2D eigenvalue weighted by Gasteiger charge is -2.37. The molecule has 1 aromatic rings. The standard InChI is InChI=1S/C18H21F2N3O4/c1-17(2,3)27-16(26)23-8-18(13(20)11(23)14(21)24)12(19)9-6-4-5-7-10(9)22-15(18)25/h4-7,11-13H,8H2,1-3H3,(H2,21,24)(H,22,25)/t11-,12?,13?,18-/m1/s1. The van der Waals surface area contributed by atoms with E-state index in [1.54, 1.807) is 32.9 Å². The number of nitrogens with two attached hydrogens (primary N) is 1. The van der Waals surface area contributed by atoms with Crippen LogP contribution in [0.4, 0.5) is 19.3 Å². The Morgan fingerprint density at radius 1 is 1.30 bits per heavy atom. The molecule has 1 spiro atoms. The van der Waals surface area contributed by atoms with Crippen molar-refractivity contribution >= 4 is 23.6 Å². The Balaban J connectivity index is 2.05. The van der Waals surface area contributed by atoms with Crippen LogP contribution in [0.1, 0.15) is 32.5 Å². The molecule has 9 heteroatoms. The fourth-order valence-corrected chi connectivity index (χ4v) is 3.58. The number of primary amides is 1. The number of alkyl halides is 2. The average molecular weight is 381 g/mol. The molecule has 3 amide bonds. The van der Waals surface area contributed by atoms with E-state index in [0.717, 1.165) is 0 Å². The Morgan fingerprint density at radius 3 is 2.52 bits per heavy atom. The van der Waals surface area contributed by atoms with Gasteiger partial charge in [0, 0.05) is 17.8 Å². The van der Waals surface area contributed by atoms with E-state index >= 15 is 8.78 Å². The largest absolute Gasteiger partial charge is 0.444 e. The Bertz CT molecular complexity index is 810. The highest BCUT2D eigenvalue weighted by Crippen LogP contribution is 2.53. The van der Waals surface area contributed by atoms with Gasteiger partial charge in [0.2, 0.25) is 11.8 Å². The SMILES string of the molecule is CC(C)(C)OC(=O)N1C[C@]2(C(=O)Nc3ccccc3C2F)C(F)[C@@H]1C(N)=O. The number of halogens is 2. The summed E-state index contributed by atoms with van der Waals surface area (Å²) >= 11 is 0. The van der Waals surface area contributed by atoms with Gasteiger partial charge in [0.05, 0.1) is 0 Å². The zero-order valence-electron chi connectivity index (χ0n) is 15.2. The molecule has 0 aliphatic carbocycles. The molecule has 146 valence electrons. The van der Waals surface area contributed by atoms with Gasteiger partial charge in [0.25, 0.3) is 0 Å². The number of fused-ring (bicyclic) bond motifs is 1. The van der Waals surface area contributed by atoms with E-state index in [9.17, 15) is 14.4 Å². The van der Waals surface area contributed by atoms with Crippen LogP contribution in [0.25, 0.3) is 0 Å². The van der Waals surface area contributed by atoms with Crippen LogP contribution in [0, 0.1) is 5.41 Å². The molecule has 0 bridgehead atoms. The second-order valence-corrected chi connectivity index (χ2v) is 7.80. The molecule has 0 radical (unpaired) electrons. The van der Waals surface area contributed by atoms with Crippen molar-refractivity contribution in [2.45, 2.75) is 44.8 Å². The first-order valence-electron chi connectivity index (χ1n) is 8.46. The summed E-state index contributed by atoms with van der Waals surface area (Å²) in [5.41, 5.74) is 2.35. The van der Waals surface area contributed by atoms with Crippen molar-refractivity contribution in [1.29, 1.82) is 0 Å². The Morgan fingerprint density at radius 2 is 1.93 bits per heavy atom. The number of benzene rings is 1. The number of nitrogens with one attached hydrogen (secondary N) is 1. The number of nitrogens with zero attached hydrogens (tertiary/aromatic N) is 1. The van der Waals surface area contributed by atoms with Crippen molar-refractivity contribution in [3.05, 3.63) is 29.8 Å². The maximum Gasteiger partial charge on any atom is 0.411 e. The monoisotopic (exact) mass is 381 g/mol. The fraction of sp³-hybridized carbons (Fsp3) is 0.500. The van der Waals surface area contributed by atoms with Crippen LogP contribution in [0.5, 0.6) is 0 Å². The molecule has 3 rings (SSSR count). The third kappa shape index (κ3) is 2.90. The van der Waals surface area contributed by atoms with Crippen molar-refractivity contribution < 1.29 is 27.9 Å². The molecule has 0 aromatic heterocycles. The molecule has 1 fully saturated rings. The summed E-state index contributed by atoms with van der Waals surface area (Å²) in [7, 11) is 0. The van der Waals surface area contributed by atoms with Crippen molar-refractivity contribution in [3.8, 4) is 0 Å². The summed E-state index contributed by atoms with van der Waals surface area (Å²) in [5.74, 6) is -2.12. The van der Waals surface area contributed by atoms with Gasteiger partial charge in [-0.05, 0) is 26.8 Å². The number of carbonyl (C=O) groups excluding carboxylic acids is 3. The number of hydrogen-bond acceptors (Lipinski definition) is 4. The van der Waals surface area contributed by atoms with Crippen LogP contribution < -0.4 is 11.1 Å². The zero-order valence-corrected chi connectivity index (χ0v) is 15.2. The first-order valence-corrected chi connectivity index (χ1v) is 8.46. The zero-order chi connectivity index (χ0) is 20.1. The van der Waals surface area contributed by atoms with Gasteiger partial charge in [-0.2, -0.15) is 0 Å². The molecule has 1 aromatic carbocycles. The molecule has 2 aliphatic heterocycles. The maximum atomic E-state index is 15.4. The van der Waals surface area contributed by atoms with E-state index in [0.29, 0.717) is 4.90 Å². The quantitative estimate of drug-likeness (QED) is 0.778. The average Bonchev–Trinajstić information content (AvgIpc) is 2.86. The second kappa shape index (κ2) is 6.17. The molecule has 3 N–H and O–H groups in total. The van der Waals surface area contributed by atoms with Gasteiger partial charge in [0.15, 0.2) is 0 Å². The van der Waals surface area contributed by atoms with Gasteiger partial charge in [-0.15, -0.1) is 0 Å². The second-order valence-electron chi connectivity index (χ2n) is 7.80. The highest BCUT2D eigenvalue weighted by molar-refractivity contribution is 6.02. The number of likely N-dealkylation sites (tertiary alicyclic amines) is 1. The lowest BCUT2D eigenvalue weighted by atomic mass is 9.73. The summed E-state index contributed by atoms with van der Waals surface area (Å²) in [6.45, 7) is 4.09. The predicted octanol–water partition coefficient (Wildman–Crippen LogP) is 2.08.